The predicted molar refractivity (Wildman–Crippen MR) is 76.1 cm³/mol. The van der Waals surface area contributed by atoms with Crippen LogP contribution in [-0.2, 0) is 4.79 Å². The van der Waals surface area contributed by atoms with E-state index in [4.69, 9.17) is 23.2 Å². The molecule has 0 saturated carbocycles. The number of fused-ring (bicyclic) bond motifs is 3. The van der Waals surface area contributed by atoms with E-state index in [1.54, 1.807) is 17.5 Å². The zero-order valence-electron chi connectivity index (χ0n) is 9.34. The summed E-state index contributed by atoms with van der Waals surface area (Å²) >= 11 is 12.6. The van der Waals surface area contributed by atoms with E-state index in [0.29, 0.717) is 16.6 Å². The van der Waals surface area contributed by atoms with Gasteiger partial charge in [0.2, 0.25) is 10.4 Å². The fourth-order valence-electron chi connectivity index (χ4n) is 1.94. The molecule has 0 amide bonds. The van der Waals surface area contributed by atoms with Crippen LogP contribution in [0.15, 0.2) is 22.1 Å². The topological polar surface area (TPSA) is 58.9 Å². The van der Waals surface area contributed by atoms with Gasteiger partial charge in [0.1, 0.15) is 11.7 Å². The fourth-order valence-corrected chi connectivity index (χ4v) is 3.18. The summed E-state index contributed by atoms with van der Waals surface area (Å²) in [5.41, 5.74) is 0.962. The van der Waals surface area contributed by atoms with Crippen molar-refractivity contribution in [2.45, 2.75) is 11.4 Å². The van der Waals surface area contributed by atoms with Crippen LogP contribution in [0.3, 0.4) is 0 Å². The van der Waals surface area contributed by atoms with Gasteiger partial charge in [-0.15, -0.1) is 11.6 Å². The van der Waals surface area contributed by atoms with E-state index in [1.165, 1.54) is 6.21 Å². The lowest BCUT2D eigenvalue weighted by molar-refractivity contribution is -0.112. The number of hydrogen-bond donors (Lipinski definition) is 0. The second kappa shape index (κ2) is 4.74. The molecule has 0 aliphatic carbocycles. The number of aliphatic imine (C=N–C) groups is 1. The van der Waals surface area contributed by atoms with Crippen LogP contribution in [0.1, 0.15) is 10.4 Å². The molecule has 0 saturated heterocycles. The summed E-state index contributed by atoms with van der Waals surface area (Å²) in [6, 6.07) is 2.60. The van der Waals surface area contributed by atoms with E-state index in [1.807, 2.05) is 0 Å². The fraction of sp³-hybridized carbons (Fsp3) is 0.167. The summed E-state index contributed by atoms with van der Waals surface area (Å²) in [4.78, 5) is 31.6. The van der Waals surface area contributed by atoms with Crippen LogP contribution in [0.25, 0.3) is 5.41 Å². The average molecular weight is 313 g/mol. The lowest BCUT2D eigenvalue weighted by atomic mass is 10.1. The number of rotatable bonds is 1. The van der Waals surface area contributed by atoms with E-state index in [2.05, 4.69) is 9.98 Å². The van der Waals surface area contributed by atoms with Crippen LogP contribution < -0.4 is 10.6 Å². The molecule has 0 radical (unpaired) electrons. The zero-order valence-corrected chi connectivity index (χ0v) is 11.7. The van der Waals surface area contributed by atoms with E-state index in [9.17, 15) is 9.59 Å². The van der Waals surface area contributed by atoms with Gasteiger partial charge in [-0.3, -0.25) is 19.6 Å². The summed E-state index contributed by atoms with van der Waals surface area (Å²) in [7, 11) is 0. The van der Waals surface area contributed by atoms with Crippen molar-refractivity contribution in [2.75, 3.05) is 0 Å². The second-order valence-electron chi connectivity index (χ2n) is 4.02. The Labute approximate surface area is 122 Å². The van der Waals surface area contributed by atoms with Gasteiger partial charge in [-0.25, -0.2) is 0 Å². The van der Waals surface area contributed by atoms with Crippen LogP contribution in [0, 0.1) is 0 Å². The Kier molecular flexibility index (Phi) is 3.20. The molecular formula is C12H6Cl2N2O2S. The SMILES string of the molecule is O=C1SC=c2ccc3c(c21)N=CC(Cl)C(C(=O)Cl)N=3. The van der Waals surface area contributed by atoms with Gasteiger partial charge in [0.25, 0.3) is 0 Å². The maximum atomic E-state index is 11.8. The van der Waals surface area contributed by atoms with Crippen molar-refractivity contribution in [1.29, 1.82) is 0 Å². The molecule has 0 aromatic heterocycles. The van der Waals surface area contributed by atoms with E-state index < -0.39 is 16.7 Å². The minimum absolute atomic E-state index is 0.0824. The van der Waals surface area contributed by atoms with Crippen LogP contribution >= 0.6 is 35.0 Å². The third kappa shape index (κ3) is 2.12. The summed E-state index contributed by atoms with van der Waals surface area (Å²) in [6.07, 6.45) is 1.40. The van der Waals surface area contributed by atoms with Crippen molar-refractivity contribution in [3.63, 3.8) is 0 Å². The van der Waals surface area contributed by atoms with Crippen molar-refractivity contribution in [3.8, 4) is 0 Å². The van der Waals surface area contributed by atoms with Crippen molar-refractivity contribution in [2.24, 2.45) is 9.98 Å². The molecule has 0 fully saturated rings. The lowest BCUT2D eigenvalue weighted by Gasteiger charge is -2.07. The number of hydrogen-bond acceptors (Lipinski definition) is 5. The third-order valence-electron chi connectivity index (χ3n) is 2.84. The molecule has 2 unspecified atom stereocenters. The van der Waals surface area contributed by atoms with Crippen LogP contribution in [-0.4, -0.2) is 28.0 Å². The maximum absolute atomic E-state index is 11.8. The molecule has 7 heteroatoms. The largest absolute Gasteiger partial charge is 0.281 e. The van der Waals surface area contributed by atoms with Gasteiger partial charge in [0, 0.05) is 6.21 Å². The van der Waals surface area contributed by atoms with E-state index in [0.717, 1.165) is 17.0 Å². The highest BCUT2D eigenvalue weighted by molar-refractivity contribution is 8.20. The van der Waals surface area contributed by atoms with Gasteiger partial charge in [-0.1, -0.05) is 17.8 Å². The molecule has 19 heavy (non-hydrogen) atoms. The summed E-state index contributed by atoms with van der Waals surface area (Å²) < 4.78 is 0. The highest BCUT2D eigenvalue weighted by Crippen LogP contribution is 2.25. The van der Waals surface area contributed by atoms with Gasteiger partial charge in [-0.2, -0.15) is 0 Å². The van der Waals surface area contributed by atoms with Crippen molar-refractivity contribution in [3.05, 3.63) is 28.3 Å². The molecular weight excluding hydrogens is 307 g/mol. The number of carbonyl (C=O) groups is 2. The molecule has 1 aromatic carbocycles. The number of halogens is 2. The average Bonchev–Trinajstić information content (AvgIpc) is 2.65. The molecule has 0 spiro atoms. The number of benzene rings is 1. The summed E-state index contributed by atoms with van der Waals surface area (Å²) in [5, 5.41) is 1.58. The smallest absolute Gasteiger partial charge is 0.248 e. The summed E-state index contributed by atoms with van der Waals surface area (Å²) in [5.74, 6) is 0. The van der Waals surface area contributed by atoms with Crippen molar-refractivity contribution >= 4 is 62.6 Å². The molecule has 2 heterocycles. The van der Waals surface area contributed by atoms with E-state index >= 15 is 0 Å². The number of thioether (sulfide) groups is 1. The van der Waals surface area contributed by atoms with Crippen LogP contribution in [0.4, 0.5) is 5.69 Å². The lowest BCUT2D eigenvalue weighted by Crippen LogP contribution is -2.27. The molecule has 2 aliphatic heterocycles. The number of carbonyl (C=O) groups excluding carboxylic acids is 2. The molecule has 96 valence electrons. The van der Waals surface area contributed by atoms with Gasteiger partial charge in [-0.05, 0) is 28.3 Å². The Hall–Kier alpha value is -1.17. The minimum Gasteiger partial charge on any atom is -0.281 e. The molecule has 4 nitrogen and oxygen atoms in total. The first-order valence-electron chi connectivity index (χ1n) is 5.37. The highest BCUT2D eigenvalue weighted by Gasteiger charge is 2.27. The standard InChI is InChI=1S/C12H6Cl2N2O2S/c13-6-3-15-10-7(16-9(6)11(14)17)2-1-5-4-19-12(18)8(5)10/h1-4,6,9H. The van der Waals surface area contributed by atoms with Gasteiger partial charge >= 0.3 is 0 Å². The molecule has 2 aliphatic rings. The number of alkyl halides is 1. The van der Waals surface area contributed by atoms with Crippen molar-refractivity contribution in [1.82, 2.24) is 0 Å². The Morgan fingerprint density at radius 2 is 2.16 bits per heavy atom. The molecule has 0 N–H and O–H groups in total. The molecule has 2 atom stereocenters. The Morgan fingerprint density at radius 3 is 2.89 bits per heavy atom. The van der Waals surface area contributed by atoms with Crippen LogP contribution in [0.2, 0.25) is 0 Å². The van der Waals surface area contributed by atoms with Crippen molar-refractivity contribution < 1.29 is 9.59 Å². The molecule has 0 bridgehead atoms. The third-order valence-corrected chi connectivity index (χ3v) is 4.21. The normalized spacial score (nSPS) is 24.0. The highest BCUT2D eigenvalue weighted by atomic mass is 35.5. The Bertz CT molecular complexity index is 745. The molecule has 3 rings (SSSR count). The first-order valence-corrected chi connectivity index (χ1v) is 7.07. The Balaban J connectivity index is 2.31. The van der Waals surface area contributed by atoms with Gasteiger partial charge in [0.05, 0.1) is 16.3 Å². The first-order chi connectivity index (χ1) is 9.08. The monoisotopic (exact) mass is 312 g/mol. The maximum Gasteiger partial charge on any atom is 0.248 e. The number of nitrogens with zero attached hydrogens (tertiary/aromatic N) is 2. The Morgan fingerprint density at radius 1 is 1.37 bits per heavy atom. The second-order valence-corrected chi connectivity index (χ2v) is 5.74. The summed E-state index contributed by atoms with van der Waals surface area (Å²) in [6.45, 7) is 0. The zero-order chi connectivity index (χ0) is 13.6. The minimum atomic E-state index is -0.889. The quantitative estimate of drug-likeness (QED) is 0.581. The van der Waals surface area contributed by atoms with Crippen LogP contribution in [0.5, 0.6) is 0 Å². The van der Waals surface area contributed by atoms with Gasteiger partial charge in [0.15, 0.2) is 0 Å². The molecule has 1 aromatic rings. The van der Waals surface area contributed by atoms with E-state index in [-0.39, 0.29) is 5.12 Å². The first kappa shape index (κ1) is 12.8. The van der Waals surface area contributed by atoms with Gasteiger partial charge < -0.3 is 0 Å². The predicted octanol–water partition coefficient (Wildman–Crippen LogP) is 1.39.